The summed E-state index contributed by atoms with van der Waals surface area (Å²) in [6.45, 7) is 2.99. The van der Waals surface area contributed by atoms with E-state index in [9.17, 15) is 4.79 Å². The quantitative estimate of drug-likeness (QED) is 0.838. The first-order valence-corrected chi connectivity index (χ1v) is 8.34. The topological polar surface area (TPSA) is 41.1 Å². The van der Waals surface area contributed by atoms with Gasteiger partial charge >= 0.3 is 0 Å². The van der Waals surface area contributed by atoms with Crippen molar-refractivity contribution in [1.82, 2.24) is 10.6 Å². The molecule has 0 spiro atoms. The van der Waals surface area contributed by atoms with Crippen LogP contribution in [0.25, 0.3) is 0 Å². The Balaban J connectivity index is 0.00000176. The Hall–Kier alpha value is -0.480. The number of benzene rings is 1. The van der Waals surface area contributed by atoms with Crippen molar-refractivity contribution in [3.8, 4) is 0 Å². The van der Waals surface area contributed by atoms with E-state index in [1.807, 2.05) is 12.1 Å². The van der Waals surface area contributed by atoms with Gasteiger partial charge in [-0.2, -0.15) is 0 Å². The minimum Gasteiger partial charge on any atom is -0.356 e. The van der Waals surface area contributed by atoms with Gasteiger partial charge in [0.25, 0.3) is 0 Å². The molecular formula is C16H21Cl3N2O. The van der Waals surface area contributed by atoms with Crippen molar-refractivity contribution >= 4 is 41.5 Å². The molecule has 6 heteroatoms. The summed E-state index contributed by atoms with van der Waals surface area (Å²) in [5, 5.41) is 7.55. The van der Waals surface area contributed by atoms with Crippen molar-refractivity contribution in [2.75, 3.05) is 19.6 Å². The molecule has 0 aromatic heterocycles. The highest BCUT2D eigenvalue weighted by molar-refractivity contribution is 6.42. The minimum absolute atomic E-state index is 0. The van der Waals surface area contributed by atoms with Gasteiger partial charge in [-0.05, 0) is 61.9 Å². The summed E-state index contributed by atoms with van der Waals surface area (Å²) in [5.41, 5.74) is 1.12. The highest BCUT2D eigenvalue weighted by Crippen LogP contribution is 2.48. The molecule has 1 saturated heterocycles. The Morgan fingerprint density at radius 2 is 2.14 bits per heavy atom. The fraction of sp³-hybridized carbons (Fsp3) is 0.562. The first-order chi connectivity index (χ1) is 10.1. The smallest absolute Gasteiger partial charge is 0.223 e. The molecule has 3 nitrogen and oxygen atoms in total. The Morgan fingerprint density at radius 1 is 1.32 bits per heavy atom. The molecule has 1 heterocycles. The molecule has 1 aromatic carbocycles. The standard InChI is InChI=1S/C16H20Cl2N2O.ClH/c17-14-2-1-11(7-15(14)18)12-8-13(12)16(21)20-6-4-10-3-5-19-9-10;/h1-2,7,10,12-13,19H,3-6,8-9H2,(H,20,21);1H. The molecule has 0 radical (unpaired) electrons. The first kappa shape index (κ1) is 17.9. The van der Waals surface area contributed by atoms with Crippen LogP contribution in [0.2, 0.25) is 10.0 Å². The van der Waals surface area contributed by atoms with E-state index in [1.165, 1.54) is 6.42 Å². The molecule has 122 valence electrons. The van der Waals surface area contributed by atoms with Crippen LogP contribution in [0.4, 0.5) is 0 Å². The number of halogens is 3. The predicted octanol–water partition coefficient (Wildman–Crippen LogP) is 3.63. The summed E-state index contributed by atoms with van der Waals surface area (Å²) in [6.07, 6.45) is 3.21. The maximum Gasteiger partial charge on any atom is 0.223 e. The van der Waals surface area contributed by atoms with Gasteiger partial charge in [-0.1, -0.05) is 29.3 Å². The lowest BCUT2D eigenvalue weighted by Crippen LogP contribution is -2.28. The summed E-state index contributed by atoms with van der Waals surface area (Å²) in [7, 11) is 0. The van der Waals surface area contributed by atoms with Crippen LogP contribution in [-0.4, -0.2) is 25.5 Å². The van der Waals surface area contributed by atoms with E-state index < -0.39 is 0 Å². The molecule has 2 N–H and O–H groups in total. The zero-order chi connectivity index (χ0) is 14.8. The molecule has 3 atom stereocenters. The molecule has 3 unspecified atom stereocenters. The van der Waals surface area contributed by atoms with Crippen LogP contribution in [0, 0.1) is 11.8 Å². The summed E-state index contributed by atoms with van der Waals surface area (Å²) >= 11 is 11.9. The fourth-order valence-electron chi connectivity index (χ4n) is 3.09. The lowest BCUT2D eigenvalue weighted by Gasteiger charge is -2.09. The Kier molecular flexibility index (Phi) is 6.39. The molecule has 1 amide bonds. The second-order valence-electron chi connectivity index (χ2n) is 6.06. The highest BCUT2D eigenvalue weighted by Gasteiger charge is 2.43. The van der Waals surface area contributed by atoms with Crippen molar-refractivity contribution < 1.29 is 4.79 Å². The lowest BCUT2D eigenvalue weighted by atomic mass is 10.1. The van der Waals surface area contributed by atoms with E-state index in [2.05, 4.69) is 10.6 Å². The average molecular weight is 364 g/mol. The summed E-state index contributed by atoms with van der Waals surface area (Å²) in [6, 6.07) is 5.65. The number of nitrogens with one attached hydrogen (secondary N) is 2. The average Bonchev–Trinajstić information content (AvgIpc) is 3.11. The van der Waals surface area contributed by atoms with Gasteiger partial charge in [-0.25, -0.2) is 0 Å². The molecule has 2 aliphatic rings. The van der Waals surface area contributed by atoms with Gasteiger partial charge in [-0.15, -0.1) is 12.4 Å². The van der Waals surface area contributed by atoms with E-state index in [0.29, 0.717) is 16.0 Å². The van der Waals surface area contributed by atoms with Crippen molar-refractivity contribution in [2.24, 2.45) is 11.8 Å². The normalized spacial score (nSPS) is 26.4. The van der Waals surface area contributed by atoms with Crippen molar-refractivity contribution in [3.63, 3.8) is 0 Å². The predicted molar refractivity (Wildman–Crippen MR) is 93.2 cm³/mol. The maximum absolute atomic E-state index is 12.1. The number of amides is 1. The number of rotatable bonds is 5. The molecule has 2 fully saturated rings. The lowest BCUT2D eigenvalue weighted by molar-refractivity contribution is -0.122. The number of carbonyl (C=O) groups excluding carboxylic acids is 1. The zero-order valence-electron chi connectivity index (χ0n) is 12.3. The largest absolute Gasteiger partial charge is 0.356 e. The van der Waals surface area contributed by atoms with Crippen LogP contribution >= 0.6 is 35.6 Å². The second kappa shape index (κ2) is 7.87. The molecule has 1 aliphatic heterocycles. The maximum atomic E-state index is 12.1. The summed E-state index contributed by atoms with van der Waals surface area (Å²) in [5.74, 6) is 1.30. The Morgan fingerprint density at radius 3 is 2.82 bits per heavy atom. The Bertz CT molecular complexity index is 532. The summed E-state index contributed by atoms with van der Waals surface area (Å²) in [4.78, 5) is 12.1. The zero-order valence-corrected chi connectivity index (χ0v) is 14.6. The monoisotopic (exact) mass is 362 g/mol. The Labute approximate surface area is 147 Å². The van der Waals surface area contributed by atoms with Crippen LogP contribution < -0.4 is 10.6 Å². The third kappa shape index (κ3) is 4.29. The molecular weight excluding hydrogens is 343 g/mol. The molecule has 1 aromatic rings. The molecule has 1 aliphatic carbocycles. The van der Waals surface area contributed by atoms with Crippen LogP contribution in [-0.2, 0) is 4.79 Å². The minimum atomic E-state index is 0. The van der Waals surface area contributed by atoms with E-state index in [0.717, 1.165) is 44.0 Å². The van der Waals surface area contributed by atoms with Gasteiger partial charge in [0.1, 0.15) is 0 Å². The van der Waals surface area contributed by atoms with E-state index in [1.54, 1.807) is 6.07 Å². The SMILES string of the molecule is Cl.O=C(NCCC1CCNC1)C1CC1c1ccc(Cl)c(Cl)c1. The third-order valence-electron chi connectivity index (χ3n) is 4.51. The summed E-state index contributed by atoms with van der Waals surface area (Å²) < 4.78 is 0. The van der Waals surface area contributed by atoms with Gasteiger partial charge in [0.2, 0.25) is 5.91 Å². The molecule has 1 saturated carbocycles. The van der Waals surface area contributed by atoms with Gasteiger partial charge in [0.15, 0.2) is 0 Å². The molecule has 0 bridgehead atoms. The highest BCUT2D eigenvalue weighted by atomic mass is 35.5. The third-order valence-corrected chi connectivity index (χ3v) is 5.25. The van der Waals surface area contributed by atoms with Gasteiger partial charge in [0.05, 0.1) is 10.0 Å². The molecule has 3 rings (SSSR count). The number of hydrogen-bond acceptors (Lipinski definition) is 2. The van der Waals surface area contributed by atoms with E-state index in [4.69, 9.17) is 23.2 Å². The van der Waals surface area contributed by atoms with Crippen molar-refractivity contribution in [3.05, 3.63) is 33.8 Å². The van der Waals surface area contributed by atoms with Gasteiger partial charge in [-0.3, -0.25) is 4.79 Å². The second-order valence-corrected chi connectivity index (χ2v) is 6.88. The van der Waals surface area contributed by atoms with Crippen molar-refractivity contribution in [1.29, 1.82) is 0 Å². The first-order valence-electron chi connectivity index (χ1n) is 7.58. The number of carbonyl (C=O) groups is 1. The van der Waals surface area contributed by atoms with Gasteiger partial charge < -0.3 is 10.6 Å². The van der Waals surface area contributed by atoms with E-state index in [-0.39, 0.29) is 24.2 Å². The van der Waals surface area contributed by atoms with Crippen LogP contribution in [0.3, 0.4) is 0 Å². The van der Waals surface area contributed by atoms with Crippen LogP contribution in [0.15, 0.2) is 18.2 Å². The number of hydrogen-bond donors (Lipinski definition) is 2. The molecule has 22 heavy (non-hydrogen) atoms. The van der Waals surface area contributed by atoms with Crippen LogP contribution in [0.5, 0.6) is 0 Å². The van der Waals surface area contributed by atoms with Crippen molar-refractivity contribution in [2.45, 2.75) is 25.2 Å². The van der Waals surface area contributed by atoms with E-state index >= 15 is 0 Å². The van der Waals surface area contributed by atoms with Crippen LogP contribution in [0.1, 0.15) is 30.7 Å². The van der Waals surface area contributed by atoms with Gasteiger partial charge in [0, 0.05) is 12.5 Å². The fourth-order valence-corrected chi connectivity index (χ4v) is 3.39.